The Bertz CT molecular complexity index is 133. The molecule has 8 heavy (non-hydrogen) atoms. The third-order valence-corrected chi connectivity index (χ3v) is 0.612. The number of hydrogen-bond acceptors (Lipinski definition) is 1. The molecule has 0 aromatic carbocycles. The van der Waals surface area contributed by atoms with E-state index in [1.54, 1.807) is 0 Å². The maximum absolute atomic E-state index is 11.8. The fraction of sp³-hybridized carbons (Fsp3) is 0.400. The predicted molar refractivity (Wildman–Crippen MR) is 25.6 cm³/mol. The van der Waals surface area contributed by atoms with Crippen LogP contribution in [0.1, 0.15) is 13.8 Å². The van der Waals surface area contributed by atoms with Crippen molar-refractivity contribution in [3.05, 3.63) is 11.7 Å². The van der Waals surface area contributed by atoms with Crippen molar-refractivity contribution >= 4 is 5.78 Å². The van der Waals surface area contributed by atoms with Gasteiger partial charge in [-0.1, -0.05) is 0 Å². The lowest BCUT2D eigenvalue weighted by Crippen LogP contribution is -1.90. The predicted octanol–water partition coefficient (Wildman–Crippen LogP) is 1.75. The van der Waals surface area contributed by atoms with Crippen molar-refractivity contribution in [1.82, 2.24) is 0 Å². The minimum Gasteiger partial charge on any atom is -0.292 e. The molecule has 0 rings (SSSR count). The van der Waals surface area contributed by atoms with Gasteiger partial charge in [-0.3, -0.25) is 4.79 Å². The van der Waals surface area contributed by atoms with Crippen molar-refractivity contribution in [1.29, 1.82) is 0 Å². The molecule has 0 saturated heterocycles. The summed E-state index contributed by atoms with van der Waals surface area (Å²) in [5.41, 5.74) is 0. The standard InChI is InChI=1S/C5H6F2O/c1-3(6)5(7)4(2)8/h1-2H3/b5-3-. The molecule has 0 heterocycles. The quantitative estimate of drug-likeness (QED) is 0.482. The second-order valence-corrected chi connectivity index (χ2v) is 1.40. The monoisotopic (exact) mass is 120 g/mol. The summed E-state index contributed by atoms with van der Waals surface area (Å²) >= 11 is 0. The SMILES string of the molecule is CC(=O)/C(F)=C(\C)F. The van der Waals surface area contributed by atoms with Crippen LogP contribution in [0.15, 0.2) is 11.7 Å². The highest BCUT2D eigenvalue weighted by molar-refractivity contribution is 5.91. The zero-order valence-corrected chi connectivity index (χ0v) is 4.66. The Balaban J connectivity index is 4.23. The van der Waals surface area contributed by atoms with Crippen LogP contribution >= 0.6 is 0 Å². The molecule has 0 aromatic heterocycles. The van der Waals surface area contributed by atoms with Crippen LogP contribution in [-0.4, -0.2) is 5.78 Å². The second kappa shape index (κ2) is 2.55. The number of carbonyl (C=O) groups is 1. The van der Waals surface area contributed by atoms with Crippen LogP contribution in [0.4, 0.5) is 8.78 Å². The smallest absolute Gasteiger partial charge is 0.196 e. The molecule has 0 bridgehead atoms. The first-order valence-electron chi connectivity index (χ1n) is 2.08. The minimum atomic E-state index is -1.29. The van der Waals surface area contributed by atoms with E-state index < -0.39 is 17.4 Å². The Morgan fingerprint density at radius 2 is 1.62 bits per heavy atom. The van der Waals surface area contributed by atoms with E-state index in [0.29, 0.717) is 0 Å². The van der Waals surface area contributed by atoms with E-state index in [1.807, 2.05) is 0 Å². The van der Waals surface area contributed by atoms with Crippen molar-refractivity contribution in [3.63, 3.8) is 0 Å². The first-order valence-corrected chi connectivity index (χ1v) is 2.08. The van der Waals surface area contributed by atoms with Crippen molar-refractivity contribution < 1.29 is 13.6 Å². The van der Waals surface area contributed by atoms with Crippen LogP contribution in [0.25, 0.3) is 0 Å². The highest BCUT2D eigenvalue weighted by atomic mass is 19.2. The maximum atomic E-state index is 11.8. The van der Waals surface area contributed by atoms with Gasteiger partial charge < -0.3 is 0 Å². The molecule has 3 heteroatoms. The number of halogens is 2. The maximum Gasteiger partial charge on any atom is 0.196 e. The third-order valence-electron chi connectivity index (χ3n) is 0.612. The normalized spacial score (nSPS) is 13.0. The van der Waals surface area contributed by atoms with Gasteiger partial charge in [0.2, 0.25) is 0 Å². The molecule has 0 aliphatic rings. The molecule has 0 fully saturated rings. The molecular formula is C5H6F2O. The molecule has 0 aliphatic carbocycles. The third kappa shape index (κ3) is 1.82. The van der Waals surface area contributed by atoms with Crippen LogP contribution in [0.2, 0.25) is 0 Å². The lowest BCUT2D eigenvalue weighted by molar-refractivity contribution is -0.115. The minimum absolute atomic E-state index is 0.870. The van der Waals surface area contributed by atoms with Gasteiger partial charge in [0.05, 0.1) is 0 Å². The summed E-state index contributed by atoms with van der Waals surface area (Å²) in [6, 6.07) is 0. The fourth-order valence-corrected chi connectivity index (χ4v) is 0.243. The second-order valence-electron chi connectivity index (χ2n) is 1.40. The molecule has 0 aromatic rings. The van der Waals surface area contributed by atoms with Gasteiger partial charge in [0.1, 0.15) is 5.83 Å². The molecular weight excluding hydrogens is 114 g/mol. The Morgan fingerprint density at radius 1 is 1.25 bits per heavy atom. The van der Waals surface area contributed by atoms with E-state index >= 15 is 0 Å². The number of Topliss-reactive ketones (excluding diaryl/α,β-unsaturated/α-hetero) is 1. The van der Waals surface area contributed by atoms with E-state index in [4.69, 9.17) is 0 Å². The Labute approximate surface area is 46.0 Å². The van der Waals surface area contributed by atoms with Gasteiger partial charge >= 0.3 is 0 Å². The number of carbonyl (C=O) groups excluding carboxylic acids is 1. The summed E-state index contributed by atoms with van der Waals surface area (Å²) in [5, 5.41) is 0. The van der Waals surface area contributed by atoms with Crippen LogP contribution in [0, 0.1) is 0 Å². The first-order chi connectivity index (χ1) is 3.55. The summed E-state index contributed by atoms with van der Waals surface area (Å²) in [6.45, 7) is 1.87. The molecule has 0 amide bonds. The number of ketones is 1. The van der Waals surface area contributed by atoms with Crippen molar-refractivity contribution in [2.75, 3.05) is 0 Å². The summed E-state index contributed by atoms with van der Waals surface area (Å²) < 4.78 is 23.4. The highest BCUT2D eigenvalue weighted by Crippen LogP contribution is 2.06. The highest BCUT2D eigenvalue weighted by Gasteiger charge is 2.04. The number of rotatable bonds is 1. The van der Waals surface area contributed by atoms with Crippen LogP contribution in [0.5, 0.6) is 0 Å². The zero-order valence-electron chi connectivity index (χ0n) is 4.66. The van der Waals surface area contributed by atoms with Crippen LogP contribution < -0.4 is 0 Å². The van der Waals surface area contributed by atoms with Crippen LogP contribution in [-0.2, 0) is 4.79 Å². The first kappa shape index (κ1) is 7.27. The van der Waals surface area contributed by atoms with E-state index in [9.17, 15) is 13.6 Å². The Hall–Kier alpha value is -0.730. The van der Waals surface area contributed by atoms with Gasteiger partial charge in [-0.05, 0) is 6.92 Å². The molecule has 0 unspecified atom stereocenters. The van der Waals surface area contributed by atoms with Gasteiger partial charge in [0.15, 0.2) is 11.6 Å². The van der Waals surface area contributed by atoms with Gasteiger partial charge in [-0.25, -0.2) is 8.78 Å². The van der Waals surface area contributed by atoms with Gasteiger partial charge in [0, 0.05) is 6.92 Å². The van der Waals surface area contributed by atoms with Gasteiger partial charge in [-0.15, -0.1) is 0 Å². The molecule has 0 saturated carbocycles. The van der Waals surface area contributed by atoms with E-state index in [2.05, 4.69) is 0 Å². The number of allylic oxidation sites excluding steroid dienone is 2. The fourth-order valence-electron chi connectivity index (χ4n) is 0.243. The molecule has 46 valence electrons. The molecule has 0 spiro atoms. The molecule has 0 atom stereocenters. The lowest BCUT2D eigenvalue weighted by Gasteiger charge is -1.85. The topological polar surface area (TPSA) is 17.1 Å². The molecule has 0 N–H and O–H groups in total. The molecule has 0 radical (unpaired) electrons. The zero-order chi connectivity index (χ0) is 6.73. The summed E-state index contributed by atoms with van der Waals surface area (Å²) in [6.07, 6.45) is 0. The summed E-state index contributed by atoms with van der Waals surface area (Å²) in [7, 11) is 0. The van der Waals surface area contributed by atoms with E-state index in [-0.39, 0.29) is 0 Å². The largest absolute Gasteiger partial charge is 0.292 e. The Kier molecular flexibility index (Phi) is 2.31. The lowest BCUT2D eigenvalue weighted by atomic mass is 10.3. The van der Waals surface area contributed by atoms with E-state index in [0.717, 1.165) is 13.8 Å². The van der Waals surface area contributed by atoms with Crippen molar-refractivity contribution in [2.24, 2.45) is 0 Å². The Morgan fingerprint density at radius 3 is 1.62 bits per heavy atom. The average Bonchev–Trinajstić information content (AvgIpc) is 1.64. The summed E-state index contributed by atoms with van der Waals surface area (Å²) in [4.78, 5) is 9.91. The van der Waals surface area contributed by atoms with Crippen LogP contribution in [0.3, 0.4) is 0 Å². The van der Waals surface area contributed by atoms with Gasteiger partial charge in [-0.2, -0.15) is 0 Å². The molecule has 0 aliphatic heterocycles. The van der Waals surface area contributed by atoms with Crippen molar-refractivity contribution in [2.45, 2.75) is 13.8 Å². The van der Waals surface area contributed by atoms with E-state index in [1.165, 1.54) is 0 Å². The van der Waals surface area contributed by atoms with Gasteiger partial charge in [0.25, 0.3) is 0 Å². The summed E-state index contributed by atoms with van der Waals surface area (Å²) in [5.74, 6) is -3.22. The van der Waals surface area contributed by atoms with Crippen molar-refractivity contribution in [3.8, 4) is 0 Å². The molecule has 1 nitrogen and oxygen atoms in total. The number of hydrogen-bond donors (Lipinski definition) is 0. The average molecular weight is 120 g/mol.